The van der Waals surface area contributed by atoms with Crippen molar-refractivity contribution in [2.45, 2.75) is 19.9 Å². The molecule has 2 nitrogen and oxygen atoms in total. The summed E-state index contributed by atoms with van der Waals surface area (Å²) in [5, 5.41) is 0. The summed E-state index contributed by atoms with van der Waals surface area (Å²) in [7, 11) is 0. The van der Waals surface area contributed by atoms with E-state index in [1.165, 1.54) is 6.07 Å². The van der Waals surface area contributed by atoms with Crippen molar-refractivity contribution < 1.29 is 8.78 Å². The van der Waals surface area contributed by atoms with Crippen molar-refractivity contribution in [3.63, 3.8) is 0 Å². The van der Waals surface area contributed by atoms with E-state index in [9.17, 15) is 8.78 Å². The Labute approximate surface area is 124 Å². The topological polar surface area (TPSA) is 29.3 Å². The number of para-hydroxylation sites is 1. The van der Waals surface area contributed by atoms with Crippen molar-refractivity contribution in [2.75, 3.05) is 18.0 Å². The highest BCUT2D eigenvalue weighted by molar-refractivity contribution is 5.55. The van der Waals surface area contributed by atoms with Gasteiger partial charge in [-0.2, -0.15) is 0 Å². The van der Waals surface area contributed by atoms with Gasteiger partial charge >= 0.3 is 0 Å². The van der Waals surface area contributed by atoms with Gasteiger partial charge in [-0.05, 0) is 31.5 Å². The molecule has 0 fully saturated rings. The van der Waals surface area contributed by atoms with Crippen LogP contribution in [0.2, 0.25) is 0 Å². The fourth-order valence-electron chi connectivity index (χ4n) is 2.64. The molecule has 0 heterocycles. The molecule has 0 amide bonds. The van der Waals surface area contributed by atoms with Crippen molar-refractivity contribution in [3.05, 3.63) is 65.2 Å². The molecule has 0 aromatic heterocycles. The zero-order valence-corrected chi connectivity index (χ0v) is 12.3. The molecule has 2 rings (SSSR count). The Kier molecular flexibility index (Phi) is 4.91. The normalized spacial score (nSPS) is 12.2. The Hall–Kier alpha value is -1.94. The zero-order chi connectivity index (χ0) is 15.4. The Bertz CT molecular complexity index is 613. The van der Waals surface area contributed by atoms with Crippen molar-refractivity contribution in [2.24, 2.45) is 5.73 Å². The summed E-state index contributed by atoms with van der Waals surface area (Å²) < 4.78 is 27.6. The molecular formula is C17H20F2N2. The summed E-state index contributed by atoms with van der Waals surface area (Å²) in [4.78, 5) is 2.01. The van der Waals surface area contributed by atoms with Crippen LogP contribution >= 0.6 is 0 Å². The first-order chi connectivity index (χ1) is 10.1. The largest absolute Gasteiger partial charge is 0.363 e. The van der Waals surface area contributed by atoms with E-state index >= 15 is 0 Å². The highest BCUT2D eigenvalue weighted by Gasteiger charge is 2.23. The van der Waals surface area contributed by atoms with Gasteiger partial charge in [-0.15, -0.1) is 0 Å². The Balaban J connectivity index is 2.48. The zero-order valence-electron chi connectivity index (χ0n) is 12.3. The summed E-state index contributed by atoms with van der Waals surface area (Å²) in [5.41, 5.74) is 8.21. The third-order valence-electron chi connectivity index (χ3n) is 3.71. The van der Waals surface area contributed by atoms with Gasteiger partial charge in [0.25, 0.3) is 0 Å². The highest BCUT2D eigenvalue weighted by atomic mass is 19.2. The Morgan fingerprint density at radius 1 is 1.10 bits per heavy atom. The van der Waals surface area contributed by atoms with E-state index in [1.807, 2.05) is 43.0 Å². The summed E-state index contributed by atoms with van der Waals surface area (Å²) >= 11 is 0. The van der Waals surface area contributed by atoms with Crippen LogP contribution in [0.15, 0.2) is 42.5 Å². The number of halogens is 2. The molecule has 2 aromatic rings. The second kappa shape index (κ2) is 6.68. The average Bonchev–Trinajstić information content (AvgIpc) is 2.49. The van der Waals surface area contributed by atoms with Gasteiger partial charge < -0.3 is 10.6 Å². The maximum atomic E-state index is 14.1. The first-order valence-electron chi connectivity index (χ1n) is 7.06. The molecule has 1 unspecified atom stereocenters. The third-order valence-corrected chi connectivity index (χ3v) is 3.71. The van der Waals surface area contributed by atoms with Crippen LogP contribution in [-0.4, -0.2) is 13.1 Å². The fourth-order valence-corrected chi connectivity index (χ4v) is 2.64. The lowest BCUT2D eigenvalue weighted by Gasteiger charge is -2.33. The summed E-state index contributed by atoms with van der Waals surface area (Å²) in [6, 6.07) is 11.7. The minimum absolute atomic E-state index is 0.211. The van der Waals surface area contributed by atoms with E-state index in [2.05, 4.69) is 0 Å². The number of rotatable bonds is 5. The number of nitrogens with zero attached hydrogens (tertiary/aromatic N) is 1. The Morgan fingerprint density at radius 3 is 2.43 bits per heavy atom. The molecule has 1 atom stereocenters. The van der Waals surface area contributed by atoms with E-state index in [-0.39, 0.29) is 6.54 Å². The maximum Gasteiger partial charge on any atom is 0.164 e. The van der Waals surface area contributed by atoms with E-state index in [4.69, 9.17) is 5.73 Å². The molecule has 2 N–H and O–H groups in total. The van der Waals surface area contributed by atoms with Gasteiger partial charge in [0.15, 0.2) is 11.6 Å². The molecule has 2 aromatic carbocycles. The maximum absolute atomic E-state index is 14.1. The summed E-state index contributed by atoms with van der Waals surface area (Å²) in [6.07, 6.45) is 0. The number of nitrogens with two attached hydrogens (primary N) is 1. The molecule has 0 radical (unpaired) electrons. The fraction of sp³-hybridized carbons (Fsp3) is 0.294. The van der Waals surface area contributed by atoms with Crippen LogP contribution in [-0.2, 0) is 0 Å². The molecule has 4 heteroatoms. The van der Waals surface area contributed by atoms with Gasteiger partial charge in [0, 0.05) is 24.3 Å². The van der Waals surface area contributed by atoms with Gasteiger partial charge in [0.1, 0.15) is 0 Å². The second-order valence-corrected chi connectivity index (χ2v) is 4.97. The van der Waals surface area contributed by atoms with Gasteiger partial charge in [-0.3, -0.25) is 0 Å². The lowest BCUT2D eigenvalue weighted by atomic mass is 10.0. The highest BCUT2D eigenvalue weighted by Crippen LogP contribution is 2.30. The standard InChI is InChI=1S/C17H20F2N2/c1-3-21(15-10-5-4-7-12(15)2)16(11-20)13-8-6-9-14(18)17(13)19/h4-10,16H,3,11,20H2,1-2H3. The number of likely N-dealkylation sites (N-methyl/N-ethyl adjacent to an activating group) is 1. The van der Waals surface area contributed by atoms with Gasteiger partial charge in [-0.25, -0.2) is 8.78 Å². The summed E-state index contributed by atoms with van der Waals surface area (Å²) in [5.74, 6) is -1.66. The average molecular weight is 290 g/mol. The van der Waals surface area contributed by atoms with Crippen molar-refractivity contribution in [1.29, 1.82) is 0 Å². The SMILES string of the molecule is CCN(c1ccccc1C)C(CN)c1cccc(F)c1F. The monoisotopic (exact) mass is 290 g/mol. The van der Waals surface area contributed by atoms with Crippen LogP contribution in [0.3, 0.4) is 0 Å². The predicted octanol–water partition coefficient (Wildman–Crippen LogP) is 3.80. The molecule has 0 bridgehead atoms. The van der Waals surface area contributed by atoms with Crippen LogP contribution in [0.25, 0.3) is 0 Å². The predicted molar refractivity (Wildman–Crippen MR) is 82.4 cm³/mol. The molecule has 112 valence electrons. The molecule has 0 saturated heterocycles. The van der Waals surface area contributed by atoms with Crippen LogP contribution in [0.4, 0.5) is 14.5 Å². The van der Waals surface area contributed by atoms with E-state index < -0.39 is 17.7 Å². The number of benzene rings is 2. The molecule has 0 aliphatic carbocycles. The minimum Gasteiger partial charge on any atom is -0.363 e. The molecular weight excluding hydrogens is 270 g/mol. The molecule has 21 heavy (non-hydrogen) atoms. The quantitative estimate of drug-likeness (QED) is 0.907. The van der Waals surface area contributed by atoms with Crippen LogP contribution in [0.1, 0.15) is 24.1 Å². The molecule has 0 saturated carbocycles. The van der Waals surface area contributed by atoms with Gasteiger partial charge in [0.05, 0.1) is 6.04 Å². The molecule has 0 aliphatic rings. The number of aryl methyl sites for hydroxylation is 1. The lowest BCUT2D eigenvalue weighted by molar-refractivity contribution is 0.483. The summed E-state index contributed by atoms with van der Waals surface area (Å²) in [6.45, 7) is 4.84. The van der Waals surface area contributed by atoms with Crippen LogP contribution < -0.4 is 10.6 Å². The third kappa shape index (κ3) is 3.05. The van der Waals surface area contributed by atoms with E-state index in [0.717, 1.165) is 17.3 Å². The second-order valence-electron chi connectivity index (χ2n) is 4.97. The molecule has 0 spiro atoms. The minimum atomic E-state index is -0.841. The van der Waals surface area contributed by atoms with Crippen molar-refractivity contribution in [3.8, 4) is 0 Å². The number of anilines is 1. The van der Waals surface area contributed by atoms with Crippen LogP contribution in [0.5, 0.6) is 0 Å². The number of hydrogen-bond acceptors (Lipinski definition) is 2. The van der Waals surface area contributed by atoms with E-state index in [0.29, 0.717) is 12.1 Å². The number of hydrogen-bond donors (Lipinski definition) is 1. The van der Waals surface area contributed by atoms with Crippen LogP contribution in [0, 0.1) is 18.6 Å². The van der Waals surface area contributed by atoms with Crippen molar-refractivity contribution >= 4 is 5.69 Å². The van der Waals surface area contributed by atoms with Gasteiger partial charge in [0.2, 0.25) is 0 Å². The molecule has 0 aliphatic heterocycles. The van der Waals surface area contributed by atoms with Crippen molar-refractivity contribution in [1.82, 2.24) is 0 Å². The first-order valence-corrected chi connectivity index (χ1v) is 7.06. The smallest absolute Gasteiger partial charge is 0.164 e. The van der Waals surface area contributed by atoms with E-state index in [1.54, 1.807) is 6.07 Å². The van der Waals surface area contributed by atoms with Gasteiger partial charge in [-0.1, -0.05) is 30.3 Å². The Morgan fingerprint density at radius 2 is 1.81 bits per heavy atom. The first kappa shape index (κ1) is 15.4. The lowest BCUT2D eigenvalue weighted by Crippen LogP contribution is -2.35.